The van der Waals surface area contributed by atoms with Gasteiger partial charge in [-0.1, -0.05) is 0 Å². The lowest BCUT2D eigenvalue weighted by atomic mass is 10.3. The molecule has 0 amide bonds. The van der Waals surface area contributed by atoms with Crippen LogP contribution in [0.5, 0.6) is 5.75 Å². The van der Waals surface area contributed by atoms with E-state index in [0.717, 1.165) is 22.6 Å². The van der Waals surface area contributed by atoms with Crippen LogP contribution >= 0.6 is 0 Å². The number of imidazole rings is 1. The molecular formula is C10H11N2O. The van der Waals surface area contributed by atoms with Crippen LogP contribution in [0.1, 0.15) is 5.82 Å². The Bertz CT molecular complexity index is 420. The Balaban J connectivity index is 2.48. The molecule has 3 nitrogen and oxygen atoms in total. The van der Waals surface area contributed by atoms with Gasteiger partial charge in [-0.2, -0.15) is 0 Å². The molecule has 2 rings (SSSR count). The molecule has 0 aliphatic rings. The molecule has 0 saturated carbocycles. The van der Waals surface area contributed by atoms with E-state index in [-0.39, 0.29) is 0 Å². The van der Waals surface area contributed by atoms with Crippen LogP contribution in [0.15, 0.2) is 18.2 Å². The van der Waals surface area contributed by atoms with Crippen LogP contribution in [0.3, 0.4) is 0 Å². The predicted molar refractivity (Wildman–Crippen MR) is 51.7 cm³/mol. The van der Waals surface area contributed by atoms with Crippen LogP contribution in [0.25, 0.3) is 11.0 Å². The Hall–Kier alpha value is -1.51. The van der Waals surface area contributed by atoms with Crippen molar-refractivity contribution in [2.75, 3.05) is 6.61 Å². The average molecular weight is 175 g/mol. The Morgan fingerprint density at radius 3 is 3.15 bits per heavy atom. The number of benzene rings is 1. The Morgan fingerprint density at radius 1 is 1.54 bits per heavy atom. The molecular weight excluding hydrogens is 164 g/mol. The van der Waals surface area contributed by atoms with Gasteiger partial charge in [0.2, 0.25) is 0 Å². The number of hydrogen-bond acceptors (Lipinski definition) is 2. The van der Waals surface area contributed by atoms with Crippen LogP contribution in [-0.4, -0.2) is 16.6 Å². The fourth-order valence-corrected chi connectivity index (χ4v) is 1.32. The first-order chi connectivity index (χ1) is 6.29. The molecule has 1 heterocycles. The largest absolute Gasteiger partial charge is 0.494 e. The van der Waals surface area contributed by atoms with Gasteiger partial charge < -0.3 is 9.72 Å². The molecule has 1 radical (unpaired) electrons. The lowest BCUT2D eigenvalue weighted by molar-refractivity contribution is 0.361. The van der Waals surface area contributed by atoms with Crippen molar-refractivity contribution in [3.8, 4) is 5.75 Å². The van der Waals surface area contributed by atoms with Gasteiger partial charge in [0.1, 0.15) is 11.6 Å². The van der Waals surface area contributed by atoms with Gasteiger partial charge in [-0.25, -0.2) is 4.98 Å². The van der Waals surface area contributed by atoms with E-state index in [1.54, 1.807) is 0 Å². The first-order valence-electron chi connectivity index (χ1n) is 4.18. The third-order valence-corrected chi connectivity index (χ3v) is 1.84. The minimum atomic E-state index is 0.439. The molecule has 2 aromatic rings. The smallest absolute Gasteiger partial charge is 0.121 e. The molecule has 13 heavy (non-hydrogen) atoms. The number of ether oxygens (including phenoxy) is 1. The number of rotatable bonds is 2. The topological polar surface area (TPSA) is 37.9 Å². The summed E-state index contributed by atoms with van der Waals surface area (Å²) < 4.78 is 5.26. The maximum Gasteiger partial charge on any atom is 0.121 e. The summed E-state index contributed by atoms with van der Waals surface area (Å²) in [5, 5.41) is 0. The molecule has 0 aliphatic heterocycles. The van der Waals surface area contributed by atoms with E-state index in [9.17, 15) is 0 Å². The highest BCUT2D eigenvalue weighted by Gasteiger charge is 2.00. The number of aromatic nitrogens is 2. The molecule has 3 heteroatoms. The van der Waals surface area contributed by atoms with E-state index >= 15 is 0 Å². The molecule has 0 saturated heterocycles. The van der Waals surface area contributed by atoms with Crippen LogP contribution in [0, 0.1) is 13.8 Å². The van der Waals surface area contributed by atoms with Gasteiger partial charge in [0.25, 0.3) is 0 Å². The third kappa shape index (κ3) is 1.49. The summed E-state index contributed by atoms with van der Waals surface area (Å²) in [6, 6.07) is 5.77. The molecule has 0 atom stereocenters. The molecule has 0 bridgehead atoms. The molecule has 1 aromatic heterocycles. The van der Waals surface area contributed by atoms with Gasteiger partial charge in [0, 0.05) is 6.07 Å². The summed E-state index contributed by atoms with van der Waals surface area (Å²) in [6.07, 6.45) is 0. The number of nitrogens with zero attached hydrogens (tertiary/aromatic N) is 1. The summed E-state index contributed by atoms with van der Waals surface area (Å²) in [5.74, 6) is 1.73. The van der Waals surface area contributed by atoms with Crippen LogP contribution in [0.4, 0.5) is 0 Å². The van der Waals surface area contributed by atoms with Gasteiger partial charge in [-0.15, -0.1) is 0 Å². The van der Waals surface area contributed by atoms with E-state index in [1.165, 1.54) is 0 Å². The number of nitrogens with one attached hydrogen (secondary N) is 1. The highest BCUT2D eigenvalue weighted by molar-refractivity contribution is 5.76. The van der Waals surface area contributed by atoms with Crippen molar-refractivity contribution in [1.29, 1.82) is 0 Å². The summed E-state index contributed by atoms with van der Waals surface area (Å²) in [4.78, 5) is 7.45. The minimum absolute atomic E-state index is 0.439. The van der Waals surface area contributed by atoms with Gasteiger partial charge in [-0.3, -0.25) is 0 Å². The lowest BCUT2D eigenvalue weighted by Crippen LogP contribution is -1.90. The fraction of sp³-hybridized carbons (Fsp3) is 0.200. The van der Waals surface area contributed by atoms with E-state index in [2.05, 4.69) is 16.9 Å². The quantitative estimate of drug-likeness (QED) is 0.758. The third-order valence-electron chi connectivity index (χ3n) is 1.84. The van der Waals surface area contributed by atoms with Gasteiger partial charge >= 0.3 is 0 Å². The first-order valence-corrected chi connectivity index (χ1v) is 4.18. The number of aromatic amines is 1. The number of fused-ring (bicyclic) bond motifs is 1. The normalized spacial score (nSPS) is 10.6. The molecule has 1 aromatic carbocycles. The van der Waals surface area contributed by atoms with Crippen molar-refractivity contribution in [1.82, 2.24) is 9.97 Å². The zero-order valence-electron chi connectivity index (χ0n) is 7.50. The molecule has 0 aliphatic carbocycles. The monoisotopic (exact) mass is 175 g/mol. The Morgan fingerprint density at radius 2 is 2.38 bits per heavy atom. The van der Waals surface area contributed by atoms with Crippen LogP contribution in [0.2, 0.25) is 0 Å². The number of H-pyrrole nitrogens is 1. The van der Waals surface area contributed by atoms with Crippen LogP contribution in [-0.2, 0) is 0 Å². The van der Waals surface area contributed by atoms with Crippen molar-refractivity contribution in [2.24, 2.45) is 0 Å². The lowest BCUT2D eigenvalue weighted by Gasteiger charge is -2.00. The highest BCUT2D eigenvalue weighted by Crippen LogP contribution is 2.18. The van der Waals surface area contributed by atoms with Crippen molar-refractivity contribution < 1.29 is 4.74 Å². The summed E-state index contributed by atoms with van der Waals surface area (Å²) >= 11 is 0. The Labute approximate surface area is 76.8 Å². The molecule has 1 N–H and O–H groups in total. The second-order valence-corrected chi connectivity index (χ2v) is 2.85. The number of hydrogen-bond donors (Lipinski definition) is 1. The first kappa shape index (κ1) is 8.10. The van der Waals surface area contributed by atoms with Crippen molar-refractivity contribution >= 4 is 11.0 Å². The Kier molecular flexibility index (Phi) is 1.93. The van der Waals surface area contributed by atoms with E-state index in [4.69, 9.17) is 4.74 Å². The van der Waals surface area contributed by atoms with Crippen molar-refractivity contribution in [2.45, 2.75) is 6.92 Å². The molecule has 0 fully saturated rings. The van der Waals surface area contributed by atoms with Gasteiger partial charge in [-0.05, 0) is 26.0 Å². The van der Waals surface area contributed by atoms with E-state index < -0.39 is 0 Å². The van der Waals surface area contributed by atoms with E-state index in [1.807, 2.05) is 25.1 Å². The fourth-order valence-electron chi connectivity index (χ4n) is 1.32. The zero-order valence-corrected chi connectivity index (χ0v) is 7.50. The maximum absolute atomic E-state index is 5.26. The highest BCUT2D eigenvalue weighted by atomic mass is 16.5. The molecule has 67 valence electrons. The average Bonchev–Trinajstić information content (AvgIpc) is 2.44. The maximum atomic E-state index is 5.26. The second kappa shape index (κ2) is 3.09. The minimum Gasteiger partial charge on any atom is -0.494 e. The predicted octanol–water partition coefficient (Wildman–Crippen LogP) is 2.08. The second-order valence-electron chi connectivity index (χ2n) is 2.85. The van der Waals surface area contributed by atoms with Crippen molar-refractivity contribution in [3.63, 3.8) is 0 Å². The van der Waals surface area contributed by atoms with Crippen LogP contribution < -0.4 is 4.74 Å². The summed E-state index contributed by atoms with van der Waals surface area (Å²) in [6.45, 7) is 5.99. The SMILES string of the molecule is [CH2]COc1ccc2[nH]c(C)nc2c1. The zero-order chi connectivity index (χ0) is 9.26. The number of aryl methyl sites for hydroxylation is 1. The molecule has 0 spiro atoms. The molecule has 0 unspecified atom stereocenters. The standard InChI is InChI=1S/C10H11N2O/c1-3-13-8-4-5-9-10(6-8)12-7(2)11-9/h4-6H,1,3H2,2H3,(H,11,12). The van der Waals surface area contributed by atoms with E-state index in [0.29, 0.717) is 6.61 Å². The summed E-state index contributed by atoms with van der Waals surface area (Å²) in [5.41, 5.74) is 1.97. The van der Waals surface area contributed by atoms with Crippen molar-refractivity contribution in [3.05, 3.63) is 30.9 Å². The van der Waals surface area contributed by atoms with Gasteiger partial charge in [0.15, 0.2) is 0 Å². The summed E-state index contributed by atoms with van der Waals surface area (Å²) in [7, 11) is 0. The van der Waals surface area contributed by atoms with Gasteiger partial charge in [0.05, 0.1) is 17.6 Å².